The predicted octanol–water partition coefficient (Wildman–Crippen LogP) is 4.26. The van der Waals surface area contributed by atoms with Gasteiger partial charge in [0, 0.05) is 18.2 Å². The highest BCUT2D eigenvalue weighted by Crippen LogP contribution is 2.36. The number of nitrogens with one attached hydrogen (secondary N) is 1. The lowest BCUT2D eigenvalue weighted by Gasteiger charge is -2.15. The number of aromatic hydroxyl groups is 1. The minimum Gasteiger partial charge on any atom is -0.504 e. The molecule has 0 aliphatic carbocycles. The molecule has 4 nitrogen and oxygen atoms in total. The molecule has 1 aromatic rings. The highest BCUT2D eigenvalue weighted by atomic mass is 16.5. The van der Waals surface area contributed by atoms with E-state index in [1.54, 1.807) is 12.1 Å². The highest BCUT2D eigenvalue weighted by Gasteiger charge is 2.14. The molecular formula is C17H27NO3. The van der Waals surface area contributed by atoms with Crippen molar-refractivity contribution < 1.29 is 14.6 Å². The molecule has 1 amide bonds. The number of carbonyl (C=O) groups is 1. The van der Waals surface area contributed by atoms with Crippen molar-refractivity contribution >= 4 is 11.6 Å². The van der Waals surface area contributed by atoms with Crippen LogP contribution in [0.5, 0.6) is 11.5 Å². The van der Waals surface area contributed by atoms with Crippen LogP contribution in [0, 0.1) is 0 Å². The van der Waals surface area contributed by atoms with Gasteiger partial charge in [-0.05, 0) is 25.0 Å². The molecule has 1 aromatic carbocycles. The first-order chi connectivity index (χ1) is 10.1. The summed E-state index contributed by atoms with van der Waals surface area (Å²) in [7, 11) is 1.54. The lowest BCUT2D eigenvalue weighted by molar-refractivity contribution is -0.114. The predicted molar refractivity (Wildman–Crippen MR) is 86.0 cm³/mol. The Labute approximate surface area is 127 Å². The lowest BCUT2D eigenvalue weighted by Crippen LogP contribution is -2.09. The fourth-order valence-electron chi connectivity index (χ4n) is 2.48. The zero-order chi connectivity index (χ0) is 15.7. The van der Waals surface area contributed by atoms with Gasteiger partial charge in [-0.25, -0.2) is 0 Å². The first-order valence-corrected chi connectivity index (χ1v) is 7.76. The van der Waals surface area contributed by atoms with Crippen LogP contribution in [0.4, 0.5) is 5.69 Å². The lowest BCUT2D eigenvalue weighted by atomic mass is 10.0. The van der Waals surface area contributed by atoms with Gasteiger partial charge in [-0.15, -0.1) is 0 Å². The Balaban J connectivity index is 2.72. The molecule has 0 saturated heterocycles. The molecule has 0 bridgehead atoms. The number of carbonyl (C=O) groups excluding carboxylic acids is 1. The topological polar surface area (TPSA) is 58.6 Å². The van der Waals surface area contributed by atoms with Crippen molar-refractivity contribution in [3.05, 3.63) is 17.7 Å². The van der Waals surface area contributed by atoms with Gasteiger partial charge in [-0.3, -0.25) is 4.79 Å². The summed E-state index contributed by atoms with van der Waals surface area (Å²) in [5.41, 5.74) is 1.61. The van der Waals surface area contributed by atoms with Gasteiger partial charge >= 0.3 is 0 Å². The van der Waals surface area contributed by atoms with E-state index in [0.29, 0.717) is 5.75 Å². The van der Waals surface area contributed by atoms with E-state index in [0.717, 1.165) is 30.5 Å². The summed E-state index contributed by atoms with van der Waals surface area (Å²) >= 11 is 0. The number of hydrogen-bond acceptors (Lipinski definition) is 3. The van der Waals surface area contributed by atoms with Gasteiger partial charge < -0.3 is 15.2 Å². The number of unbranched alkanes of at least 4 members (excludes halogenated alkanes) is 5. The average molecular weight is 293 g/mol. The molecule has 0 unspecified atom stereocenters. The molecule has 0 heterocycles. The summed E-state index contributed by atoms with van der Waals surface area (Å²) in [6, 6.07) is 3.28. The second kappa shape index (κ2) is 9.27. The number of benzene rings is 1. The average Bonchev–Trinajstić information content (AvgIpc) is 2.45. The van der Waals surface area contributed by atoms with E-state index in [1.165, 1.54) is 39.7 Å². The SMILES string of the molecule is CCCCCCCCc1c(NC(C)=O)ccc(O)c1OC. The first-order valence-electron chi connectivity index (χ1n) is 7.76. The van der Waals surface area contributed by atoms with Crippen molar-refractivity contribution in [2.24, 2.45) is 0 Å². The first kappa shape index (κ1) is 17.3. The van der Waals surface area contributed by atoms with Crippen molar-refractivity contribution in [3.63, 3.8) is 0 Å². The van der Waals surface area contributed by atoms with Gasteiger partial charge in [0.15, 0.2) is 11.5 Å². The molecule has 0 fully saturated rings. The van der Waals surface area contributed by atoms with E-state index in [4.69, 9.17) is 4.74 Å². The smallest absolute Gasteiger partial charge is 0.221 e. The van der Waals surface area contributed by atoms with E-state index in [2.05, 4.69) is 12.2 Å². The van der Waals surface area contributed by atoms with Crippen LogP contribution in [-0.4, -0.2) is 18.1 Å². The summed E-state index contributed by atoms with van der Waals surface area (Å²) in [5.74, 6) is 0.467. The van der Waals surface area contributed by atoms with Gasteiger partial charge in [0.05, 0.1) is 7.11 Å². The normalized spacial score (nSPS) is 10.4. The zero-order valence-electron chi connectivity index (χ0n) is 13.4. The Morgan fingerprint density at radius 2 is 1.86 bits per heavy atom. The largest absolute Gasteiger partial charge is 0.504 e. The van der Waals surface area contributed by atoms with Gasteiger partial charge in [-0.1, -0.05) is 39.0 Å². The second-order valence-corrected chi connectivity index (χ2v) is 5.34. The molecule has 118 valence electrons. The molecule has 0 aliphatic rings. The van der Waals surface area contributed by atoms with Crippen molar-refractivity contribution in [3.8, 4) is 11.5 Å². The molecule has 0 radical (unpaired) electrons. The third-order valence-electron chi connectivity index (χ3n) is 3.53. The maximum Gasteiger partial charge on any atom is 0.221 e. The maximum absolute atomic E-state index is 11.3. The molecule has 4 heteroatoms. The molecule has 0 aliphatic heterocycles. The molecule has 0 saturated carbocycles. The van der Waals surface area contributed by atoms with Crippen LogP contribution in [0.3, 0.4) is 0 Å². The number of phenols is 1. The molecule has 0 atom stereocenters. The van der Waals surface area contributed by atoms with Gasteiger partial charge in [0.1, 0.15) is 0 Å². The minimum absolute atomic E-state index is 0.118. The number of anilines is 1. The molecule has 21 heavy (non-hydrogen) atoms. The third kappa shape index (κ3) is 5.66. The van der Waals surface area contributed by atoms with Crippen LogP contribution in [0.1, 0.15) is 57.9 Å². The summed E-state index contributed by atoms with van der Waals surface area (Å²) in [6.07, 6.45) is 7.99. The number of amides is 1. The summed E-state index contributed by atoms with van der Waals surface area (Å²) in [5, 5.41) is 12.7. The summed E-state index contributed by atoms with van der Waals surface area (Å²) < 4.78 is 5.29. The quantitative estimate of drug-likeness (QED) is 0.528. The zero-order valence-corrected chi connectivity index (χ0v) is 13.4. The van der Waals surface area contributed by atoms with Gasteiger partial charge in [0.25, 0.3) is 0 Å². The number of rotatable bonds is 9. The van der Waals surface area contributed by atoms with Crippen LogP contribution in [0.2, 0.25) is 0 Å². The molecule has 2 N–H and O–H groups in total. The fourth-order valence-corrected chi connectivity index (χ4v) is 2.48. The van der Waals surface area contributed by atoms with Crippen molar-refractivity contribution in [2.75, 3.05) is 12.4 Å². The molecule has 1 rings (SSSR count). The van der Waals surface area contributed by atoms with E-state index in [-0.39, 0.29) is 11.7 Å². The van der Waals surface area contributed by atoms with Crippen molar-refractivity contribution in [1.29, 1.82) is 0 Å². The van der Waals surface area contributed by atoms with Gasteiger partial charge in [-0.2, -0.15) is 0 Å². The number of phenolic OH excluding ortho intramolecular Hbond substituents is 1. The Morgan fingerprint density at radius 3 is 2.48 bits per heavy atom. The van der Waals surface area contributed by atoms with E-state index in [9.17, 15) is 9.90 Å². The minimum atomic E-state index is -0.119. The maximum atomic E-state index is 11.3. The molecule has 0 spiro atoms. The Hall–Kier alpha value is -1.71. The summed E-state index contributed by atoms with van der Waals surface area (Å²) in [6.45, 7) is 3.69. The number of methoxy groups -OCH3 is 1. The molecule has 0 aromatic heterocycles. The Morgan fingerprint density at radius 1 is 1.19 bits per heavy atom. The van der Waals surface area contributed by atoms with Gasteiger partial charge in [0.2, 0.25) is 5.91 Å². The monoisotopic (exact) mass is 293 g/mol. The van der Waals surface area contributed by atoms with E-state index in [1.807, 2.05) is 0 Å². The Kier molecular flexibility index (Phi) is 7.65. The standard InChI is InChI=1S/C17H27NO3/c1-4-5-6-7-8-9-10-14-15(18-13(2)19)11-12-16(20)17(14)21-3/h11-12,20H,4-10H2,1-3H3,(H,18,19). The summed E-state index contributed by atoms with van der Waals surface area (Å²) in [4.78, 5) is 11.3. The third-order valence-corrected chi connectivity index (χ3v) is 3.53. The van der Waals surface area contributed by atoms with Crippen molar-refractivity contribution in [1.82, 2.24) is 0 Å². The van der Waals surface area contributed by atoms with Crippen LogP contribution in [0.25, 0.3) is 0 Å². The van der Waals surface area contributed by atoms with E-state index < -0.39 is 0 Å². The Bertz CT molecular complexity index is 458. The number of hydrogen-bond donors (Lipinski definition) is 2. The van der Waals surface area contributed by atoms with Crippen molar-refractivity contribution in [2.45, 2.75) is 58.8 Å². The number of ether oxygens (including phenoxy) is 1. The second-order valence-electron chi connectivity index (χ2n) is 5.34. The molecular weight excluding hydrogens is 266 g/mol. The fraction of sp³-hybridized carbons (Fsp3) is 0.588. The highest BCUT2D eigenvalue weighted by molar-refractivity contribution is 5.90. The van der Waals surface area contributed by atoms with Crippen LogP contribution in [-0.2, 0) is 11.2 Å². The van der Waals surface area contributed by atoms with Crippen LogP contribution < -0.4 is 10.1 Å². The van der Waals surface area contributed by atoms with E-state index >= 15 is 0 Å². The van der Waals surface area contributed by atoms with Crippen LogP contribution in [0.15, 0.2) is 12.1 Å². The van der Waals surface area contributed by atoms with Crippen LogP contribution >= 0.6 is 0 Å².